The minimum absolute atomic E-state index is 0.0312. The number of hydrogen-bond acceptors (Lipinski definition) is 2. The molecule has 0 aromatic heterocycles. The first-order chi connectivity index (χ1) is 11.6. The van der Waals surface area contributed by atoms with Crippen LogP contribution in [0.4, 0.5) is 0 Å². The average Bonchev–Trinajstić information content (AvgIpc) is 2.61. The van der Waals surface area contributed by atoms with E-state index in [1.807, 2.05) is 6.08 Å². The Labute approximate surface area is 145 Å². The van der Waals surface area contributed by atoms with Gasteiger partial charge in [0.2, 0.25) is 0 Å². The Hall–Kier alpha value is -1.90. The number of ether oxygens (including phenoxy) is 1. The molecule has 2 heteroatoms. The monoisotopic (exact) mass is 321 g/mol. The van der Waals surface area contributed by atoms with E-state index < -0.39 is 0 Å². The molecular weight excluding hydrogens is 294 g/mol. The van der Waals surface area contributed by atoms with Gasteiger partial charge in [0.15, 0.2) is 0 Å². The molecule has 1 N–H and O–H groups in total. The van der Waals surface area contributed by atoms with Crippen LogP contribution in [0.2, 0.25) is 0 Å². The fourth-order valence-electron chi connectivity index (χ4n) is 3.46. The maximum Gasteiger partial charge on any atom is 0.0913 e. The number of benzene rings is 2. The largest absolute Gasteiger partial charge is 0.367 e. The van der Waals surface area contributed by atoms with Gasteiger partial charge in [-0.25, -0.2) is 0 Å². The lowest BCUT2D eigenvalue weighted by Gasteiger charge is -2.42. The Balaban J connectivity index is 1.86. The van der Waals surface area contributed by atoms with Crippen LogP contribution >= 0.6 is 0 Å². The van der Waals surface area contributed by atoms with Crippen LogP contribution in [0.1, 0.15) is 43.9 Å². The van der Waals surface area contributed by atoms with Gasteiger partial charge in [-0.3, -0.25) is 0 Å². The quantitative estimate of drug-likeness (QED) is 0.793. The third-order valence-electron chi connectivity index (χ3n) is 4.79. The molecule has 1 aliphatic rings. The molecule has 0 spiro atoms. The van der Waals surface area contributed by atoms with Gasteiger partial charge in [-0.1, -0.05) is 66.7 Å². The summed E-state index contributed by atoms with van der Waals surface area (Å²) in [4.78, 5) is 0. The Morgan fingerprint density at radius 1 is 1.04 bits per heavy atom. The fourth-order valence-corrected chi connectivity index (χ4v) is 3.46. The molecule has 0 saturated carbocycles. The molecule has 0 bridgehead atoms. The van der Waals surface area contributed by atoms with Crippen LogP contribution in [0.5, 0.6) is 0 Å². The van der Waals surface area contributed by atoms with Crippen LogP contribution in [0.15, 0.2) is 73.3 Å². The van der Waals surface area contributed by atoms with Gasteiger partial charge in [-0.2, -0.15) is 0 Å². The second-order valence-electron chi connectivity index (χ2n) is 7.14. The lowest BCUT2D eigenvalue weighted by molar-refractivity contribution is -0.102. The van der Waals surface area contributed by atoms with Crippen molar-refractivity contribution in [3.63, 3.8) is 0 Å². The predicted octanol–water partition coefficient (Wildman–Crippen LogP) is 4.88. The molecule has 2 aromatic rings. The van der Waals surface area contributed by atoms with Gasteiger partial charge in [-0.05, 0) is 37.8 Å². The van der Waals surface area contributed by atoms with Crippen LogP contribution in [0, 0.1) is 0 Å². The molecule has 1 aliphatic heterocycles. The number of rotatable bonds is 5. The van der Waals surface area contributed by atoms with E-state index in [4.69, 9.17) is 4.74 Å². The Bertz CT molecular complexity index is 611. The summed E-state index contributed by atoms with van der Waals surface area (Å²) in [6.07, 6.45) is 4.10. The maximum atomic E-state index is 6.23. The highest BCUT2D eigenvalue weighted by Gasteiger charge is 2.35. The smallest absolute Gasteiger partial charge is 0.0913 e. The van der Waals surface area contributed by atoms with Crippen LogP contribution in [-0.4, -0.2) is 17.7 Å². The summed E-state index contributed by atoms with van der Waals surface area (Å²) in [6.45, 7) is 8.30. The van der Waals surface area contributed by atoms with Crippen LogP contribution in [0.25, 0.3) is 0 Å². The molecule has 0 radical (unpaired) electrons. The molecular formula is C22H27NO. The summed E-state index contributed by atoms with van der Waals surface area (Å²) in [5.41, 5.74) is 2.47. The van der Waals surface area contributed by atoms with Crippen molar-refractivity contribution in [2.75, 3.05) is 0 Å². The molecule has 0 amide bonds. The lowest BCUT2D eigenvalue weighted by Crippen LogP contribution is -2.50. The van der Waals surface area contributed by atoms with Crippen molar-refractivity contribution in [1.29, 1.82) is 0 Å². The summed E-state index contributed by atoms with van der Waals surface area (Å²) in [7, 11) is 0. The van der Waals surface area contributed by atoms with Crippen molar-refractivity contribution >= 4 is 0 Å². The highest BCUT2D eigenvalue weighted by atomic mass is 16.5. The van der Waals surface area contributed by atoms with Gasteiger partial charge >= 0.3 is 0 Å². The molecule has 126 valence electrons. The molecule has 1 saturated heterocycles. The molecule has 3 rings (SSSR count). The highest BCUT2D eigenvalue weighted by Crippen LogP contribution is 2.31. The van der Waals surface area contributed by atoms with E-state index in [1.54, 1.807) is 0 Å². The van der Waals surface area contributed by atoms with E-state index in [9.17, 15) is 0 Å². The van der Waals surface area contributed by atoms with Crippen molar-refractivity contribution in [3.8, 4) is 0 Å². The Kier molecular flexibility index (Phi) is 5.17. The average molecular weight is 321 g/mol. The summed E-state index contributed by atoms with van der Waals surface area (Å²) >= 11 is 0. The number of hydrogen-bond donors (Lipinski definition) is 1. The zero-order chi connectivity index (χ0) is 17.0. The third kappa shape index (κ3) is 3.95. The van der Waals surface area contributed by atoms with Gasteiger partial charge in [0.1, 0.15) is 0 Å². The van der Waals surface area contributed by atoms with Crippen molar-refractivity contribution in [2.45, 2.75) is 50.5 Å². The molecule has 2 aromatic carbocycles. The molecule has 2 atom stereocenters. The first-order valence-electron chi connectivity index (χ1n) is 8.75. The van der Waals surface area contributed by atoms with Crippen molar-refractivity contribution < 1.29 is 4.74 Å². The summed E-state index contributed by atoms with van der Waals surface area (Å²) in [6, 6.07) is 21.7. The van der Waals surface area contributed by atoms with Crippen molar-refractivity contribution in [3.05, 3.63) is 84.4 Å². The fraction of sp³-hybridized carbons (Fsp3) is 0.364. The van der Waals surface area contributed by atoms with Gasteiger partial charge in [0.25, 0.3) is 0 Å². The van der Waals surface area contributed by atoms with E-state index in [0.29, 0.717) is 0 Å². The van der Waals surface area contributed by atoms with E-state index in [-0.39, 0.29) is 23.8 Å². The van der Waals surface area contributed by atoms with Crippen molar-refractivity contribution in [1.82, 2.24) is 5.32 Å². The van der Waals surface area contributed by atoms with Crippen LogP contribution in [0.3, 0.4) is 0 Å². The topological polar surface area (TPSA) is 21.3 Å². The SMILES string of the molecule is C=C[C@@H]1OC(C)(C)CC[C@H]1NC(c1ccccc1)c1ccccc1. The Morgan fingerprint density at radius 3 is 2.08 bits per heavy atom. The molecule has 1 fully saturated rings. The second kappa shape index (κ2) is 7.33. The van der Waals surface area contributed by atoms with E-state index in [0.717, 1.165) is 12.8 Å². The normalized spacial score (nSPS) is 23.1. The molecule has 0 aliphatic carbocycles. The van der Waals surface area contributed by atoms with Crippen LogP contribution in [-0.2, 0) is 4.74 Å². The van der Waals surface area contributed by atoms with Gasteiger partial charge in [0.05, 0.1) is 17.7 Å². The van der Waals surface area contributed by atoms with E-state index >= 15 is 0 Å². The van der Waals surface area contributed by atoms with Crippen LogP contribution < -0.4 is 5.32 Å². The first kappa shape index (κ1) is 16.9. The van der Waals surface area contributed by atoms with Gasteiger partial charge in [0, 0.05) is 6.04 Å². The third-order valence-corrected chi connectivity index (χ3v) is 4.79. The first-order valence-corrected chi connectivity index (χ1v) is 8.75. The molecule has 2 nitrogen and oxygen atoms in total. The highest BCUT2D eigenvalue weighted by molar-refractivity contribution is 5.32. The number of nitrogens with one attached hydrogen (secondary N) is 1. The summed E-state index contributed by atoms with van der Waals surface area (Å²) < 4.78 is 6.23. The maximum absolute atomic E-state index is 6.23. The summed E-state index contributed by atoms with van der Waals surface area (Å²) in [5, 5.41) is 3.83. The van der Waals surface area contributed by atoms with Gasteiger partial charge in [-0.15, -0.1) is 6.58 Å². The zero-order valence-corrected chi connectivity index (χ0v) is 14.6. The standard InChI is InChI=1S/C22H27NO/c1-4-20-19(15-16-22(2,3)24-20)23-21(17-11-7-5-8-12-17)18-13-9-6-10-14-18/h4-14,19-21,23H,1,15-16H2,2-3H3/t19-,20+/m1/s1. The second-order valence-corrected chi connectivity index (χ2v) is 7.14. The molecule has 1 heterocycles. The van der Waals surface area contributed by atoms with Gasteiger partial charge < -0.3 is 10.1 Å². The Morgan fingerprint density at radius 2 is 1.58 bits per heavy atom. The summed E-state index contributed by atoms with van der Waals surface area (Å²) in [5.74, 6) is 0. The predicted molar refractivity (Wildman–Crippen MR) is 100 cm³/mol. The van der Waals surface area contributed by atoms with E-state index in [2.05, 4.69) is 86.4 Å². The lowest BCUT2D eigenvalue weighted by atomic mass is 9.89. The van der Waals surface area contributed by atoms with E-state index in [1.165, 1.54) is 11.1 Å². The molecule has 0 unspecified atom stereocenters. The molecule has 24 heavy (non-hydrogen) atoms. The minimum atomic E-state index is -0.0774. The minimum Gasteiger partial charge on any atom is -0.367 e. The van der Waals surface area contributed by atoms with Crippen molar-refractivity contribution in [2.24, 2.45) is 0 Å². The zero-order valence-electron chi connectivity index (χ0n) is 14.6.